The molecule has 0 aliphatic heterocycles. The number of nitrogens with zero attached hydrogens (tertiary/aromatic N) is 1. The van der Waals surface area contributed by atoms with Crippen LogP contribution in [0.5, 0.6) is 0 Å². The smallest absolute Gasteiger partial charge is 0.294 e. The summed E-state index contributed by atoms with van der Waals surface area (Å²) in [6.07, 6.45) is 12.7. The minimum absolute atomic E-state index is 0.271. The summed E-state index contributed by atoms with van der Waals surface area (Å²) in [6, 6.07) is -6.31. The van der Waals surface area contributed by atoms with Crippen molar-refractivity contribution in [3.63, 3.8) is 0 Å². The van der Waals surface area contributed by atoms with Crippen LogP contribution in [0.25, 0.3) is 0 Å². The van der Waals surface area contributed by atoms with Gasteiger partial charge < -0.3 is 0 Å². The Morgan fingerprint density at radius 1 is 0.355 bits per heavy atom. The molecule has 3 aliphatic carbocycles. The van der Waals surface area contributed by atoms with Gasteiger partial charge in [-0.25, -0.2) is 0 Å². The van der Waals surface area contributed by atoms with E-state index in [0.717, 1.165) is 77.0 Å². The fraction of sp³-hybridized carbons (Fsp3) is 1.00. The molecule has 13 heteroatoms. The maximum atomic E-state index is 6.34. The van der Waals surface area contributed by atoms with E-state index in [4.69, 9.17) is 99.7 Å². The molecule has 0 aromatic rings. The van der Waals surface area contributed by atoms with Crippen molar-refractivity contribution in [2.75, 3.05) is 0 Å². The molecule has 0 bridgehead atoms. The lowest BCUT2D eigenvalue weighted by molar-refractivity contribution is 0.0220. The first-order valence-corrected chi connectivity index (χ1v) is 26.6. The Bertz CT molecular complexity index is 490. The SMILES string of the molecule is Cl[Si](Cl)(Cl)C1CCC(N(C2CCC([Si](Cl)(Cl)Cl)CC2)C2CCC([Si](Cl)(Cl)Cl)CC2)CC1. The molecule has 0 N–H and O–H groups in total. The zero-order valence-electron chi connectivity index (χ0n) is 17.3. The van der Waals surface area contributed by atoms with Gasteiger partial charge in [-0.3, -0.25) is 4.90 Å². The summed E-state index contributed by atoms with van der Waals surface area (Å²) in [7, 11) is 0. The summed E-state index contributed by atoms with van der Waals surface area (Å²) < 4.78 is 0. The van der Waals surface area contributed by atoms with Crippen molar-refractivity contribution in [2.24, 2.45) is 0 Å². The van der Waals surface area contributed by atoms with Crippen molar-refractivity contribution in [1.29, 1.82) is 0 Å². The first kappa shape index (κ1) is 28.8. The predicted octanol–water partition coefficient (Wildman–Crippen LogP) is 10.2. The minimum Gasteiger partial charge on any atom is -0.294 e. The Morgan fingerprint density at radius 2 is 0.548 bits per heavy atom. The molecule has 0 aromatic carbocycles. The Kier molecular flexibility index (Phi) is 10.9. The van der Waals surface area contributed by atoms with Crippen LogP contribution in [0.4, 0.5) is 0 Å². The van der Waals surface area contributed by atoms with Crippen LogP contribution in [0.15, 0.2) is 0 Å². The predicted molar refractivity (Wildman–Crippen MR) is 150 cm³/mol. The summed E-state index contributed by atoms with van der Waals surface area (Å²) in [4.78, 5) is 2.82. The van der Waals surface area contributed by atoms with Crippen LogP contribution in [-0.2, 0) is 0 Å². The second-order valence-corrected chi connectivity index (χ2v) is 36.6. The highest BCUT2D eigenvalue weighted by atomic mass is 35.9. The maximum Gasteiger partial charge on any atom is 0.344 e. The normalized spacial score (nSPS) is 36.6. The quantitative estimate of drug-likeness (QED) is 0.202. The number of hydrogen-bond acceptors (Lipinski definition) is 1. The van der Waals surface area contributed by atoms with Crippen molar-refractivity contribution in [2.45, 2.75) is 112 Å². The van der Waals surface area contributed by atoms with Gasteiger partial charge >= 0.3 is 18.0 Å². The summed E-state index contributed by atoms with van der Waals surface area (Å²) in [5.41, 5.74) is 0.813. The molecule has 0 spiro atoms. The molecule has 3 saturated carbocycles. The molecular weight excluding hydrogens is 634 g/mol. The standard InChI is InChI=1S/C18H30Cl9NSi3/c19-29(20,21)16-7-1-13(2-8-16)28(14-3-9-17(10-4-14)30(22,23)24)15-5-11-18(12-6-15)31(25,26)27/h13-18H,1-12H2. The maximum absolute atomic E-state index is 6.34. The molecule has 3 fully saturated rings. The van der Waals surface area contributed by atoms with E-state index in [1.165, 1.54) is 0 Å². The zero-order chi connectivity index (χ0) is 23.0. The zero-order valence-corrected chi connectivity index (χ0v) is 27.1. The Morgan fingerprint density at radius 3 is 0.710 bits per heavy atom. The fourth-order valence-electron chi connectivity index (χ4n) is 6.00. The third-order valence-corrected chi connectivity index (χ3v) is 20.6. The largest absolute Gasteiger partial charge is 0.344 e. The highest BCUT2D eigenvalue weighted by Gasteiger charge is 2.46. The summed E-state index contributed by atoms with van der Waals surface area (Å²) >= 11 is 57.1. The Labute approximate surface area is 232 Å². The summed E-state index contributed by atoms with van der Waals surface area (Å²) in [6.45, 7) is 0. The molecule has 0 saturated heterocycles. The van der Waals surface area contributed by atoms with Crippen LogP contribution in [0.3, 0.4) is 0 Å². The van der Waals surface area contributed by atoms with Crippen LogP contribution in [0, 0.1) is 0 Å². The van der Waals surface area contributed by atoms with E-state index in [9.17, 15) is 0 Å². The molecule has 0 heterocycles. The van der Waals surface area contributed by atoms with Gasteiger partial charge in [-0.2, -0.15) is 0 Å². The lowest BCUT2D eigenvalue weighted by atomic mass is 9.83. The molecule has 3 rings (SSSR count). The van der Waals surface area contributed by atoms with E-state index in [2.05, 4.69) is 4.90 Å². The van der Waals surface area contributed by atoms with Gasteiger partial charge in [-0.15, -0.1) is 99.7 Å². The van der Waals surface area contributed by atoms with Gasteiger partial charge in [0.25, 0.3) is 0 Å². The summed E-state index contributed by atoms with van der Waals surface area (Å²) in [5, 5.41) is 0. The highest BCUT2D eigenvalue weighted by molar-refractivity contribution is 7.66. The molecule has 0 amide bonds. The number of rotatable bonds is 6. The van der Waals surface area contributed by atoms with Crippen molar-refractivity contribution in [3.05, 3.63) is 0 Å². The summed E-state index contributed by atoms with van der Waals surface area (Å²) in [5.74, 6) is 0. The average Bonchev–Trinajstić information content (AvgIpc) is 2.67. The van der Waals surface area contributed by atoms with Crippen molar-refractivity contribution < 1.29 is 0 Å². The van der Waals surface area contributed by atoms with Crippen molar-refractivity contribution in [3.8, 4) is 0 Å². The van der Waals surface area contributed by atoms with Gasteiger partial charge in [0.1, 0.15) is 0 Å². The van der Waals surface area contributed by atoms with E-state index >= 15 is 0 Å². The average molecular weight is 664 g/mol. The Balaban J connectivity index is 1.69. The van der Waals surface area contributed by atoms with E-state index in [1.807, 2.05) is 0 Å². The molecule has 0 atom stereocenters. The van der Waals surface area contributed by atoms with Gasteiger partial charge in [0.2, 0.25) is 0 Å². The lowest BCUT2D eigenvalue weighted by Gasteiger charge is -2.50. The van der Waals surface area contributed by atoms with Crippen LogP contribution < -0.4 is 0 Å². The third-order valence-electron chi connectivity index (χ3n) is 7.74. The second-order valence-electron chi connectivity index (χ2n) is 9.59. The van der Waals surface area contributed by atoms with Gasteiger partial charge in [0.05, 0.1) is 0 Å². The minimum atomic E-state index is -2.64. The lowest BCUT2D eigenvalue weighted by Crippen LogP contribution is -2.53. The highest BCUT2D eigenvalue weighted by Crippen LogP contribution is 2.50. The van der Waals surface area contributed by atoms with Gasteiger partial charge in [-0.1, -0.05) is 0 Å². The molecule has 3 aliphatic rings. The molecule has 182 valence electrons. The van der Waals surface area contributed by atoms with Gasteiger partial charge in [0.15, 0.2) is 0 Å². The fourth-order valence-corrected chi connectivity index (χ4v) is 14.9. The molecule has 0 radical (unpaired) electrons. The van der Waals surface area contributed by atoms with Crippen LogP contribution in [0.1, 0.15) is 77.0 Å². The molecule has 0 aromatic heterocycles. The first-order valence-electron chi connectivity index (χ1n) is 11.2. The monoisotopic (exact) mass is 659 g/mol. The molecule has 0 unspecified atom stereocenters. The number of hydrogen-bond donors (Lipinski definition) is 0. The Hall–Kier alpha value is 3.22. The molecular formula is C18H30Cl9NSi3. The van der Waals surface area contributed by atoms with E-state index < -0.39 is 18.0 Å². The molecule has 31 heavy (non-hydrogen) atoms. The first-order chi connectivity index (χ1) is 14.3. The topological polar surface area (TPSA) is 3.24 Å². The van der Waals surface area contributed by atoms with Gasteiger partial charge in [-0.05, 0) is 93.7 Å². The van der Waals surface area contributed by atoms with Crippen molar-refractivity contribution in [1.82, 2.24) is 4.90 Å². The van der Waals surface area contributed by atoms with Gasteiger partial charge in [0, 0.05) is 18.1 Å². The van der Waals surface area contributed by atoms with Crippen LogP contribution in [-0.4, -0.2) is 41.0 Å². The van der Waals surface area contributed by atoms with Crippen LogP contribution in [0.2, 0.25) is 16.6 Å². The number of halogens is 9. The van der Waals surface area contributed by atoms with E-state index in [0.29, 0.717) is 18.1 Å². The van der Waals surface area contributed by atoms with Crippen molar-refractivity contribution >= 4 is 118 Å². The third kappa shape index (κ3) is 8.10. The van der Waals surface area contributed by atoms with Crippen LogP contribution >= 0.6 is 99.7 Å². The van der Waals surface area contributed by atoms with E-state index in [1.54, 1.807) is 0 Å². The molecule has 1 nitrogen and oxygen atoms in total. The van der Waals surface area contributed by atoms with E-state index in [-0.39, 0.29) is 16.6 Å². The second kappa shape index (κ2) is 11.7.